The van der Waals surface area contributed by atoms with Gasteiger partial charge in [0.25, 0.3) is 11.8 Å². The van der Waals surface area contributed by atoms with Crippen molar-refractivity contribution in [3.8, 4) is 5.88 Å². The predicted molar refractivity (Wildman–Crippen MR) is 110 cm³/mol. The van der Waals surface area contributed by atoms with E-state index in [4.69, 9.17) is 15.0 Å². The van der Waals surface area contributed by atoms with Crippen LogP contribution in [-0.2, 0) is 0 Å². The minimum Gasteiger partial charge on any atom is -0.473 e. The second-order valence-electron chi connectivity index (χ2n) is 8.63. The Kier molecular flexibility index (Phi) is 5.26. The van der Waals surface area contributed by atoms with E-state index in [1.165, 1.54) is 43.9 Å². The number of nitrogens with one attached hydrogen (secondary N) is 1. The first-order chi connectivity index (χ1) is 14.2. The molecule has 154 valence electrons. The molecule has 29 heavy (non-hydrogen) atoms. The number of carbonyl (C=O) groups is 1. The van der Waals surface area contributed by atoms with Crippen LogP contribution in [-0.4, -0.2) is 30.3 Å². The molecule has 2 aromatic rings. The van der Waals surface area contributed by atoms with Crippen molar-refractivity contribution in [1.82, 2.24) is 10.5 Å². The van der Waals surface area contributed by atoms with Crippen LogP contribution in [0.15, 0.2) is 44.6 Å². The normalized spacial score (nSPS) is 29.8. The molecule has 4 aliphatic carbocycles. The maximum Gasteiger partial charge on any atom is 0.291 e. The number of ether oxygens (including phenoxy) is 1. The monoisotopic (exact) mass is 413 g/mol. The summed E-state index contributed by atoms with van der Waals surface area (Å²) in [6.07, 6.45) is 6.42. The van der Waals surface area contributed by atoms with Crippen LogP contribution in [0.3, 0.4) is 0 Å². The summed E-state index contributed by atoms with van der Waals surface area (Å²) in [6, 6.07) is 10.1. The van der Waals surface area contributed by atoms with Crippen LogP contribution in [0.25, 0.3) is 0 Å². The molecule has 0 unspecified atom stereocenters. The fourth-order valence-electron chi connectivity index (χ4n) is 5.73. The van der Waals surface area contributed by atoms with E-state index in [2.05, 4.69) is 10.5 Å². The van der Waals surface area contributed by atoms with Gasteiger partial charge >= 0.3 is 0 Å². The van der Waals surface area contributed by atoms with Crippen molar-refractivity contribution in [2.24, 2.45) is 29.4 Å². The number of rotatable bonds is 7. The van der Waals surface area contributed by atoms with Gasteiger partial charge in [0, 0.05) is 17.5 Å². The molecule has 1 aromatic carbocycles. The quantitative estimate of drug-likeness (QED) is 0.719. The lowest BCUT2D eigenvalue weighted by atomic mass is 9.54. The van der Waals surface area contributed by atoms with Crippen LogP contribution in [0.4, 0.5) is 0 Å². The minimum atomic E-state index is -0.184. The topological polar surface area (TPSA) is 90.4 Å². The Balaban J connectivity index is 1.36. The smallest absolute Gasteiger partial charge is 0.291 e. The highest BCUT2D eigenvalue weighted by Crippen LogP contribution is 2.53. The summed E-state index contributed by atoms with van der Waals surface area (Å²) < 4.78 is 11.1. The van der Waals surface area contributed by atoms with Crippen LogP contribution in [0.2, 0.25) is 0 Å². The third kappa shape index (κ3) is 3.78. The average molecular weight is 414 g/mol. The average Bonchev–Trinajstić information content (AvgIpc) is 3.11. The highest BCUT2D eigenvalue weighted by atomic mass is 32.2. The summed E-state index contributed by atoms with van der Waals surface area (Å²) in [4.78, 5) is 14.8. The van der Waals surface area contributed by atoms with Gasteiger partial charge in [0.1, 0.15) is 11.5 Å². The number of nitrogens with two attached hydrogens (primary N) is 1. The lowest BCUT2D eigenvalue weighted by Crippen LogP contribution is -2.55. The van der Waals surface area contributed by atoms with Crippen molar-refractivity contribution in [2.75, 3.05) is 13.2 Å². The molecule has 0 radical (unpaired) electrons. The lowest BCUT2D eigenvalue weighted by molar-refractivity contribution is -0.0124. The van der Waals surface area contributed by atoms with Gasteiger partial charge in [-0.3, -0.25) is 4.79 Å². The van der Waals surface area contributed by atoms with Gasteiger partial charge in [0.05, 0.1) is 0 Å². The first-order valence-electron chi connectivity index (χ1n) is 10.6. The summed E-state index contributed by atoms with van der Waals surface area (Å²) in [6.45, 7) is 0.698. The number of carbonyl (C=O) groups excluding carboxylic acids is 1. The summed E-state index contributed by atoms with van der Waals surface area (Å²) in [5.41, 5.74) is 5.57. The zero-order valence-electron chi connectivity index (χ0n) is 16.4. The van der Waals surface area contributed by atoms with Crippen molar-refractivity contribution in [2.45, 2.75) is 47.9 Å². The van der Waals surface area contributed by atoms with Crippen LogP contribution >= 0.6 is 11.8 Å². The maximum atomic E-state index is 13.2. The SMILES string of the molecule is NCCOc1noc(C(=O)NC2C3CC4CC(C3)CC2C4)c1Sc1ccccc1. The number of benzene rings is 1. The Morgan fingerprint density at radius 1 is 1.14 bits per heavy atom. The molecular formula is C22H27N3O3S. The lowest BCUT2D eigenvalue weighted by Gasteiger charge is -2.54. The number of amides is 1. The fraction of sp³-hybridized carbons (Fsp3) is 0.545. The molecule has 6 rings (SSSR count). The molecule has 4 bridgehead atoms. The second-order valence-corrected chi connectivity index (χ2v) is 9.71. The van der Waals surface area contributed by atoms with E-state index < -0.39 is 0 Å². The van der Waals surface area contributed by atoms with Crippen molar-refractivity contribution in [1.29, 1.82) is 0 Å². The summed E-state index contributed by atoms with van der Waals surface area (Å²) in [5, 5.41) is 7.33. The highest BCUT2D eigenvalue weighted by molar-refractivity contribution is 7.99. The molecule has 0 spiro atoms. The van der Waals surface area contributed by atoms with Gasteiger partial charge < -0.3 is 20.3 Å². The van der Waals surface area contributed by atoms with Gasteiger partial charge in [-0.15, -0.1) is 0 Å². The Bertz CT molecular complexity index is 841. The van der Waals surface area contributed by atoms with Crippen molar-refractivity contribution >= 4 is 17.7 Å². The summed E-state index contributed by atoms with van der Waals surface area (Å²) in [7, 11) is 0. The Morgan fingerprint density at radius 3 is 2.48 bits per heavy atom. The number of nitrogens with zero attached hydrogens (tertiary/aromatic N) is 1. The van der Waals surface area contributed by atoms with Gasteiger partial charge in [-0.1, -0.05) is 30.0 Å². The molecule has 7 heteroatoms. The molecule has 0 atom stereocenters. The largest absolute Gasteiger partial charge is 0.473 e. The molecule has 3 N–H and O–H groups in total. The number of hydrogen-bond acceptors (Lipinski definition) is 6. The van der Waals surface area contributed by atoms with Gasteiger partial charge in [-0.2, -0.15) is 0 Å². The first kappa shape index (κ1) is 19.0. The van der Waals surface area contributed by atoms with E-state index in [1.807, 2.05) is 30.3 Å². The highest BCUT2D eigenvalue weighted by Gasteiger charge is 2.49. The standard InChI is InChI=1S/C22H27N3O3S/c23-6-7-27-22-20(29-17-4-2-1-3-5-17)19(28-25-22)21(26)24-18-15-9-13-8-14(11-15)12-16(18)10-13/h1-5,13-16,18H,6-12,23H2,(H,24,26). The van der Waals surface area contributed by atoms with Crippen LogP contribution in [0.1, 0.15) is 42.7 Å². The molecule has 6 nitrogen and oxygen atoms in total. The molecule has 0 saturated heterocycles. The molecule has 4 saturated carbocycles. The van der Waals surface area contributed by atoms with Gasteiger partial charge in [-0.05, 0) is 73.1 Å². The Hall–Kier alpha value is -1.99. The van der Waals surface area contributed by atoms with Crippen LogP contribution < -0.4 is 15.8 Å². The van der Waals surface area contributed by atoms with Crippen molar-refractivity contribution < 1.29 is 14.1 Å². The molecule has 1 aromatic heterocycles. The molecule has 4 fully saturated rings. The van der Waals surface area contributed by atoms with E-state index in [0.717, 1.165) is 16.7 Å². The third-order valence-corrected chi connectivity index (χ3v) is 7.74. The zero-order chi connectivity index (χ0) is 19.8. The number of hydrogen-bond donors (Lipinski definition) is 2. The third-order valence-electron chi connectivity index (χ3n) is 6.67. The van der Waals surface area contributed by atoms with Crippen LogP contribution in [0.5, 0.6) is 5.88 Å². The molecule has 1 amide bonds. The molecular weight excluding hydrogens is 386 g/mol. The van der Waals surface area contributed by atoms with E-state index >= 15 is 0 Å². The first-order valence-corrected chi connectivity index (χ1v) is 11.4. The summed E-state index contributed by atoms with van der Waals surface area (Å²) in [5.74, 6) is 3.34. The minimum absolute atomic E-state index is 0.184. The predicted octanol–water partition coefficient (Wildman–Crippen LogP) is 3.72. The fourth-order valence-corrected chi connectivity index (χ4v) is 6.67. The second kappa shape index (κ2) is 8.03. The number of aromatic nitrogens is 1. The van der Waals surface area contributed by atoms with E-state index in [-0.39, 0.29) is 17.7 Å². The van der Waals surface area contributed by atoms with Crippen molar-refractivity contribution in [3.05, 3.63) is 36.1 Å². The van der Waals surface area contributed by atoms with Gasteiger partial charge in [0.15, 0.2) is 0 Å². The van der Waals surface area contributed by atoms with Crippen LogP contribution in [0, 0.1) is 23.7 Å². The molecule has 4 aliphatic rings. The van der Waals surface area contributed by atoms with E-state index in [0.29, 0.717) is 35.8 Å². The van der Waals surface area contributed by atoms with E-state index in [9.17, 15) is 4.79 Å². The van der Waals surface area contributed by atoms with Crippen molar-refractivity contribution in [3.63, 3.8) is 0 Å². The van der Waals surface area contributed by atoms with Gasteiger partial charge in [-0.25, -0.2) is 0 Å². The maximum absolute atomic E-state index is 13.2. The van der Waals surface area contributed by atoms with Gasteiger partial charge in [0.2, 0.25) is 5.76 Å². The Morgan fingerprint density at radius 2 is 1.83 bits per heavy atom. The Labute approximate surface area is 174 Å². The van der Waals surface area contributed by atoms with E-state index in [1.54, 1.807) is 0 Å². The zero-order valence-corrected chi connectivity index (χ0v) is 17.2. The molecule has 0 aliphatic heterocycles. The summed E-state index contributed by atoms with van der Waals surface area (Å²) >= 11 is 1.43. The molecule has 1 heterocycles.